The summed E-state index contributed by atoms with van der Waals surface area (Å²) in [4.78, 5) is 32.0. The van der Waals surface area contributed by atoms with Crippen LogP contribution in [0.4, 0.5) is 0 Å². The van der Waals surface area contributed by atoms with Gasteiger partial charge in [-0.05, 0) is 37.8 Å². The minimum Gasteiger partial charge on any atom is -0.356 e. The van der Waals surface area contributed by atoms with E-state index in [4.69, 9.17) is 4.52 Å². The summed E-state index contributed by atoms with van der Waals surface area (Å²) in [5.41, 5.74) is 1.48. The molecule has 0 spiro atoms. The van der Waals surface area contributed by atoms with Crippen LogP contribution in [0.2, 0.25) is 0 Å². The van der Waals surface area contributed by atoms with Gasteiger partial charge in [-0.3, -0.25) is 9.59 Å². The molecule has 0 bridgehead atoms. The van der Waals surface area contributed by atoms with Gasteiger partial charge in [0.25, 0.3) is 5.91 Å². The van der Waals surface area contributed by atoms with Crippen molar-refractivity contribution in [1.82, 2.24) is 20.4 Å². The third-order valence-electron chi connectivity index (χ3n) is 6.13. The largest absolute Gasteiger partial charge is 0.356 e. The fourth-order valence-electron chi connectivity index (χ4n) is 4.66. The van der Waals surface area contributed by atoms with Crippen molar-refractivity contribution in [3.05, 3.63) is 47.1 Å². The lowest BCUT2D eigenvalue weighted by Gasteiger charge is -2.44. The number of nitrogens with one attached hydrogen (secondary N) is 1. The smallest absolute Gasteiger partial charge is 0.254 e. The predicted molar refractivity (Wildman–Crippen MR) is 107 cm³/mol. The summed E-state index contributed by atoms with van der Waals surface area (Å²) in [7, 11) is 0. The molecule has 0 unspecified atom stereocenters. The molecule has 2 aromatic rings. The highest BCUT2D eigenvalue weighted by molar-refractivity contribution is 5.99. The standard InChI is InChI=1S/C22H28N4O3/c1-16-24-20(29-25-16)10-7-13-23-19(27)14-22(11-5-2-6-12-22)26-15-17-8-3-4-9-18(17)21(26)28/h3-4,8-9H,2,5-7,10-15H2,1H3,(H,23,27). The molecule has 0 radical (unpaired) electrons. The zero-order chi connectivity index (χ0) is 20.3. The lowest BCUT2D eigenvalue weighted by Crippen LogP contribution is -2.52. The zero-order valence-corrected chi connectivity index (χ0v) is 16.9. The molecule has 2 aliphatic rings. The minimum absolute atomic E-state index is 0.0114. The number of hydrogen-bond acceptors (Lipinski definition) is 5. The Morgan fingerprint density at radius 1 is 1.24 bits per heavy atom. The van der Waals surface area contributed by atoms with Crippen LogP contribution in [0.3, 0.4) is 0 Å². The van der Waals surface area contributed by atoms with Gasteiger partial charge in [-0.25, -0.2) is 0 Å². The van der Waals surface area contributed by atoms with Gasteiger partial charge >= 0.3 is 0 Å². The quantitative estimate of drug-likeness (QED) is 0.726. The summed E-state index contributed by atoms with van der Waals surface area (Å²) in [6, 6.07) is 7.79. The number of hydrogen-bond donors (Lipinski definition) is 1. The lowest BCUT2D eigenvalue weighted by atomic mass is 9.77. The Labute approximate surface area is 170 Å². The van der Waals surface area contributed by atoms with Crippen molar-refractivity contribution >= 4 is 11.8 Å². The average molecular weight is 396 g/mol. The average Bonchev–Trinajstić information content (AvgIpc) is 3.30. The molecule has 7 nitrogen and oxygen atoms in total. The molecule has 29 heavy (non-hydrogen) atoms. The Morgan fingerprint density at radius 2 is 2.03 bits per heavy atom. The Kier molecular flexibility index (Phi) is 5.65. The van der Waals surface area contributed by atoms with E-state index in [2.05, 4.69) is 15.5 Å². The summed E-state index contributed by atoms with van der Waals surface area (Å²) in [5.74, 6) is 1.31. The molecule has 1 aromatic heterocycles. The Bertz CT molecular complexity index is 886. The molecule has 1 aromatic carbocycles. The maximum absolute atomic E-state index is 13.1. The summed E-state index contributed by atoms with van der Waals surface area (Å²) >= 11 is 0. The van der Waals surface area contributed by atoms with E-state index in [1.54, 1.807) is 6.92 Å². The van der Waals surface area contributed by atoms with E-state index >= 15 is 0 Å². The normalized spacial score (nSPS) is 18.0. The van der Waals surface area contributed by atoms with Crippen LogP contribution >= 0.6 is 0 Å². The zero-order valence-electron chi connectivity index (χ0n) is 16.9. The Balaban J connectivity index is 1.37. The van der Waals surface area contributed by atoms with Crippen molar-refractivity contribution in [2.24, 2.45) is 0 Å². The van der Waals surface area contributed by atoms with Gasteiger partial charge in [-0.2, -0.15) is 4.98 Å². The molecule has 1 aliphatic heterocycles. The monoisotopic (exact) mass is 396 g/mol. The molecule has 2 amide bonds. The molecule has 154 valence electrons. The molecule has 4 rings (SSSR count). The number of rotatable bonds is 7. The van der Waals surface area contributed by atoms with Gasteiger partial charge in [-0.1, -0.05) is 42.6 Å². The number of nitrogens with zero attached hydrogens (tertiary/aromatic N) is 3. The van der Waals surface area contributed by atoms with Gasteiger partial charge in [0, 0.05) is 31.5 Å². The first-order valence-corrected chi connectivity index (χ1v) is 10.5. The number of amides is 2. The van der Waals surface area contributed by atoms with E-state index in [1.165, 1.54) is 6.42 Å². The van der Waals surface area contributed by atoms with Gasteiger partial charge in [0.2, 0.25) is 11.8 Å². The molecule has 1 aliphatic carbocycles. The fourth-order valence-corrected chi connectivity index (χ4v) is 4.66. The highest BCUT2D eigenvalue weighted by Gasteiger charge is 2.45. The van der Waals surface area contributed by atoms with E-state index < -0.39 is 0 Å². The van der Waals surface area contributed by atoms with Gasteiger partial charge in [0.1, 0.15) is 0 Å². The van der Waals surface area contributed by atoms with Crippen LogP contribution in [0.25, 0.3) is 0 Å². The summed E-state index contributed by atoms with van der Waals surface area (Å²) in [6.07, 6.45) is 6.83. The Morgan fingerprint density at radius 3 is 2.76 bits per heavy atom. The SMILES string of the molecule is Cc1noc(CCCNC(=O)CC2(N3Cc4ccccc4C3=O)CCCCC2)n1. The van der Waals surface area contributed by atoms with Crippen molar-refractivity contribution in [2.45, 2.75) is 70.4 Å². The maximum atomic E-state index is 13.1. The van der Waals surface area contributed by atoms with E-state index in [0.29, 0.717) is 37.6 Å². The summed E-state index contributed by atoms with van der Waals surface area (Å²) in [5, 5.41) is 6.80. The topological polar surface area (TPSA) is 88.3 Å². The maximum Gasteiger partial charge on any atom is 0.254 e. The van der Waals surface area contributed by atoms with Crippen LogP contribution in [0, 0.1) is 6.92 Å². The van der Waals surface area contributed by atoms with Crippen LogP contribution in [0.1, 0.15) is 72.6 Å². The van der Waals surface area contributed by atoms with E-state index in [-0.39, 0.29) is 17.4 Å². The second-order valence-corrected chi connectivity index (χ2v) is 8.20. The predicted octanol–water partition coefficient (Wildman–Crippen LogP) is 3.18. The van der Waals surface area contributed by atoms with Crippen molar-refractivity contribution < 1.29 is 14.1 Å². The molecule has 0 atom stereocenters. The van der Waals surface area contributed by atoms with E-state index in [9.17, 15) is 9.59 Å². The number of aromatic nitrogens is 2. The van der Waals surface area contributed by atoms with Gasteiger partial charge in [0.15, 0.2) is 5.82 Å². The summed E-state index contributed by atoms with van der Waals surface area (Å²) in [6.45, 7) is 2.96. The summed E-state index contributed by atoms with van der Waals surface area (Å²) < 4.78 is 5.10. The molecule has 1 fully saturated rings. The Hall–Kier alpha value is -2.70. The molecular formula is C22H28N4O3. The van der Waals surface area contributed by atoms with Gasteiger partial charge in [0.05, 0.1) is 5.54 Å². The fraction of sp³-hybridized carbons (Fsp3) is 0.545. The van der Waals surface area contributed by atoms with Crippen molar-refractivity contribution in [3.8, 4) is 0 Å². The van der Waals surface area contributed by atoms with E-state index in [0.717, 1.165) is 43.2 Å². The van der Waals surface area contributed by atoms with Crippen molar-refractivity contribution in [1.29, 1.82) is 0 Å². The number of aryl methyl sites for hydroxylation is 2. The van der Waals surface area contributed by atoms with E-state index in [1.807, 2.05) is 29.2 Å². The first-order chi connectivity index (χ1) is 14.1. The molecule has 7 heteroatoms. The number of carbonyl (C=O) groups excluding carboxylic acids is 2. The number of benzene rings is 1. The van der Waals surface area contributed by atoms with Crippen molar-refractivity contribution in [3.63, 3.8) is 0 Å². The lowest BCUT2D eigenvalue weighted by molar-refractivity contribution is -0.124. The van der Waals surface area contributed by atoms with Crippen LogP contribution in [-0.4, -0.2) is 38.9 Å². The second kappa shape index (κ2) is 8.35. The molecule has 0 saturated heterocycles. The van der Waals surface area contributed by atoms with Crippen LogP contribution in [0.15, 0.2) is 28.8 Å². The second-order valence-electron chi connectivity index (χ2n) is 8.20. The van der Waals surface area contributed by atoms with Crippen LogP contribution in [0.5, 0.6) is 0 Å². The van der Waals surface area contributed by atoms with Crippen LogP contribution in [-0.2, 0) is 17.8 Å². The van der Waals surface area contributed by atoms with Gasteiger partial charge < -0.3 is 14.7 Å². The van der Waals surface area contributed by atoms with Crippen molar-refractivity contribution in [2.75, 3.05) is 6.54 Å². The molecule has 1 saturated carbocycles. The third-order valence-corrected chi connectivity index (χ3v) is 6.13. The number of carbonyl (C=O) groups is 2. The minimum atomic E-state index is -0.373. The molecule has 2 heterocycles. The van der Waals surface area contributed by atoms with Gasteiger partial charge in [-0.15, -0.1) is 0 Å². The first kappa shape index (κ1) is 19.6. The highest BCUT2D eigenvalue weighted by atomic mass is 16.5. The molecular weight excluding hydrogens is 368 g/mol. The van der Waals surface area contributed by atoms with Crippen LogP contribution < -0.4 is 5.32 Å². The third kappa shape index (κ3) is 4.18. The first-order valence-electron chi connectivity index (χ1n) is 10.5. The number of fused-ring (bicyclic) bond motifs is 1. The highest BCUT2D eigenvalue weighted by Crippen LogP contribution is 2.41. The molecule has 1 N–H and O–H groups in total.